The van der Waals surface area contributed by atoms with Crippen LogP contribution >= 0.6 is 0 Å². The third-order valence-electron chi connectivity index (χ3n) is 1.42. The van der Waals surface area contributed by atoms with Gasteiger partial charge in [-0.25, -0.2) is 0 Å². The Labute approximate surface area is 65.2 Å². The van der Waals surface area contributed by atoms with Crippen molar-refractivity contribution in [1.29, 1.82) is 0 Å². The van der Waals surface area contributed by atoms with Crippen LogP contribution in [0.1, 0.15) is 18.7 Å². The van der Waals surface area contributed by atoms with Gasteiger partial charge in [0, 0.05) is 6.20 Å². The highest BCUT2D eigenvalue weighted by molar-refractivity contribution is 5.00. The van der Waals surface area contributed by atoms with Crippen LogP contribution in [0.5, 0.6) is 0 Å². The van der Waals surface area contributed by atoms with Gasteiger partial charge in [0.2, 0.25) is 0 Å². The minimum absolute atomic E-state index is 0.0235. The minimum Gasteiger partial charge on any atom is -0.394 e. The lowest BCUT2D eigenvalue weighted by Gasteiger charge is -2.08. The third-order valence-corrected chi connectivity index (χ3v) is 1.42. The molecule has 11 heavy (non-hydrogen) atoms. The molecule has 62 valence electrons. The lowest BCUT2D eigenvalue weighted by molar-refractivity contribution is 0.0362. The summed E-state index contributed by atoms with van der Waals surface area (Å²) in [6, 6.07) is 1.85. The van der Waals surface area contributed by atoms with Gasteiger partial charge in [-0.05, 0) is 13.0 Å². The van der Waals surface area contributed by atoms with Crippen LogP contribution in [0, 0.1) is 0 Å². The highest BCUT2D eigenvalue weighted by Gasteiger charge is 2.04. The van der Waals surface area contributed by atoms with E-state index in [1.54, 1.807) is 6.20 Å². The SMILES string of the molecule is CC(OCCO)c1ccn[nH]1. The number of rotatable bonds is 4. The van der Waals surface area contributed by atoms with Crippen LogP contribution in [0.3, 0.4) is 0 Å². The largest absolute Gasteiger partial charge is 0.394 e. The molecule has 0 saturated heterocycles. The second-order valence-electron chi connectivity index (χ2n) is 2.25. The zero-order valence-electron chi connectivity index (χ0n) is 6.45. The van der Waals surface area contributed by atoms with E-state index in [1.165, 1.54) is 0 Å². The van der Waals surface area contributed by atoms with E-state index in [9.17, 15) is 0 Å². The Morgan fingerprint density at radius 3 is 3.18 bits per heavy atom. The fourth-order valence-electron chi connectivity index (χ4n) is 0.812. The van der Waals surface area contributed by atoms with Crippen molar-refractivity contribution < 1.29 is 9.84 Å². The zero-order valence-corrected chi connectivity index (χ0v) is 6.45. The Hall–Kier alpha value is -0.870. The average Bonchev–Trinajstić information content (AvgIpc) is 2.52. The normalized spacial score (nSPS) is 13.3. The predicted molar refractivity (Wildman–Crippen MR) is 40.0 cm³/mol. The number of hydrogen-bond acceptors (Lipinski definition) is 3. The fraction of sp³-hybridized carbons (Fsp3) is 0.571. The number of nitrogens with zero attached hydrogens (tertiary/aromatic N) is 1. The molecule has 0 aromatic carbocycles. The summed E-state index contributed by atoms with van der Waals surface area (Å²) in [6.45, 7) is 2.32. The Balaban J connectivity index is 2.36. The smallest absolute Gasteiger partial charge is 0.0961 e. The molecule has 1 aromatic rings. The first-order chi connectivity index (χ1) is 5.34. The Morgan fingerprint density at radius 2 is 2.64 bits per heavy atom. The molecule has 1 unspecified atom stereocenters. The molecule has 1 aromatic heterocycles. The van der Waals surface area contributed by atoms with Gasteiger partial charge in [-0.15, -0.1) is 0 Å². The number of aliphatic hydroxyl groups excluding tert-OH is 1. The van der Waals surface area contributed by atoms with E-state index in [-0.39, 0.29) is 12.7 Å². The molecular weight excluding hydrogens is 144 g/mol. The van der Waals surface area contributed by atoms with Crippen LogP contribution in [-0.2, 0) is 4.74 Å². The van der Waals surface area contributed by atoms with Gasteiger partial charge in [-0.1, -0.05) is 0 Å². The van der Waals surface area contributed by atoms with Crippen molar-refractivity contribution in [2.75, 3.05) is 13.2 Å². The summed E-state index contributed by atoms with van der Waals surface area (Å²) in [7, 11) is 0. The highest BCUT2D eigenvalue weighted by Crippen LogP contribution is 2.11. The van der Waals surface area contributed by atoms with Gasteiger partial charge in [0.1, 0.15) is 0 Å². The topological polar surface area (TPSA) is 58.1 Å². The molecule has 0 aliphatic carbocycles. The average molecular weight is 156 g/mol. The van der Waals surface area contributed by atoms with Gasteiger partial charge < -0.3 is 9.84 Å². The highest BCUT2D eigenvalue weighted by atomic mass is 16.5. The number of nitrogens with one attached hydrogen (secondary N) is 1. The Bertz CT molecular complexity index is 186. The summed E-state index contributed by atoms with van der Waals surface area (Å²) < 4.78 is 5.21. The van der Waals surface area contributed by atoms with Crippen molar-refractivity contribution in [3.05, 3.63) is 18.0 Å². The van der Waals surface area contributed by atoms with Crippen molar-refractivity contribution in [3.63, 3.8) is 0 Å². The summed E-state index contributed by atoms with van der Waals surface area (Å²) in [5.74, 6) is 0. The van der Waals surface area contributed by atoms with Crippen LogP contribution in [0.15, 0.2) is 12.3 Å². The van der Waals surface area contributed by atoms with Crippen LogP contribution in [0.2, 0.25) is 0 Å². The quantitative estimate of drug-likeness (QED) is 0.666. The second kappa shape index (κ2) is 4.10. The first kappa shape index (κ1) is 8.23. The van der Waals surface area contributed by atoms with Crippen molar-refractivity contribution in [1.82, 2.24) is 10.2 Å². The maximum absolute atomic E-state index is 8.46. The first-order valence-corrected chi connectivity index (χ1v) is 3.56. The van der Waals surface area contributed by atoms with E-state index in [4.69, 9.17) is 9.84 Å². The molecule has 4 heteroatoms. The van der Waals surface area contributed by atoms with E-state index >= 15 is 0 Å². The molecule has 0 amide bonds. The van der Waals surface area contributed by atoms with Gasteiger partial charge in [0.15, 0.2) is 0 Å². The third kappa shape index (κ3) is 2.32. The summed E-state index contributed by atoms with van der Waals surface area (Å²) in [5, 5.41) is 15.0. The van der Waals surface area contributed by atoms with E-state index in [0.29, 0.717) is 6.61 Å². The van der Waals surface area contributed by atoms with E-state index in [1.807, 2.05) is 13.0 Å². The zero-order chi connectivity index (χ0) is 8.10. The summed E-state index contributed by atoms with van der Waals surface area (Å²) in [5.41, 5.74) is 0.929. The van der Waals surface area contributed by atoms with E-state index in [2.05, 4.69) is 10.2 Å². The van der Waals surface area contributed by atoms with Crippen molar-refractivity contribution >= 4 is 0 Å². The molecule has 0 fully saturated rings. The van der Waals surface area contributed by atoms with Crippen molar-refractivity contribution in [3.8, 4) is 0 Å². The molecule has 0 aliphatic rings. The standard InChI is InChI=1S/C7H12N2O2/c1-6(11-5-4-10)7-2-3-8-9-7/h2-3,6,10H,4-5H2,1H3,(H,8,9). The van der Waals surface area contributed by atoms with Crippen LogP contribution in [0.4, 0.5) is 0 Å². The molecule has 1 rings (SSSR count). The van der Waals surface area contributed by atoms with Crippen LogP contribution < -0.4 is 0 Å². The lowest BCUT2D eigenvalue weighted by atomic mass is 10.3. The first-order valence-electron chi connectivity index (χ1n) is 3.56. The predicted octanol–water partition coefficient (Wildman–Crippen LogP) is 0.480. The summed E-state index contributed by atoms with van der Waals surface area (Å²) in [4.78, 5) is 0. The molecule has 1 atom stereocenters. The van der Waals surface area contributed by atoms with Gasteiger partial charge in [0.05, 0.1) is 25.0 Å². The number of ether oxygens (including phenoxy) is 1. The minimum atomic E-state index is -0.0235. The molecule has 0 spiro atoms. The van der Waals surface area contributed by atoms with Gasteiger partial charge in [-0.2, -0.15) is 5.10 Å². The number of aromatic amines is 1. The van der Waals surface area contributed by atoms with Gasteiger partial charge in [-0.3, -0.25) is 5.10 Å². The van der Waals surface area contributed by atoms with Gasteiger partial charge in [0.25, 0.3) is 0 Å². The Kier molecular flexibility index (Phi) is 3.07. The lowest BCUT2D eigenvalue weighted by Crippen LogP contribution is -2.04. The van der Waals surface area contributed by atoms with E-state index < -0.39 is 0 Å². The summed E-state index contributed by atoms with van der Waals surface area (Å²) in [6.07, 6.45) is 1.65. The monoisotopic (exact) mass is 156 g/mol. The Morgan fingerprint density at radius 1 is 1.82 bits per heavy atom. The van der Waals surface area contributed by atoms with Crippen molar-refractivity contribution in [2.45, 2.75) is 13.0 Å². The molecule has 0 aliphatic heterocycles. The number of hydrogen-bond donors (Lipinski definition) is 2. The van der Waals surface area contributed by atoms with Gasteiger partial charge >= 0.3 is 0 Å². The van der Waals surface area contributed by atoms with Crippen molar-refractivity contribution in [2.24, 2.45) is 0 Å². The number of aliphatic hydroxyl groups is 1. The maximum atomic E-state index is 8.46. The molecular formula is C7H12N2O2. The van der Waals surface area contributed by atoms with Crippen LogP contribution in [0.25, 0.3) is 0 Å². The molecule has 4 nitrogen and oxygen atoms in total. The molecule has 2 N–H and O–H groups in total. The molecule has 1 heterocycles. The second-order valence-corrected chi connectivity index (χ2v) is 2.25. The molecule has 0 bridgehead atoms. The number of aromatic nitrogens is 2. The fourth-order valence-corrected chi connectivity index (χ4v) is 0.812. The maximum Gasteiger partial charge on any atom is 0.0961 e. The number of H-pyrrole nitrogens is 1. The van der Waals surface area contributed by atoms with E-state index in [0.717, 1.165) is 5.69 Å². The molecule has 0 saturated carbocycles. The summed E-state index contributed by atoms with van der Waals surface area (Å²) >= 11 is 0. The molecule has 0 radical (unpaired) electrons. The van der Waals surface area contributed by atoms with Crippen LogP contribution in [-0.4, -0.2) is 28.5 Å².